The van der Waals surface area contributed by atoms with Gasteiger partial charge in [-0.15, -0.1) is 0 Å². The van der Waals surface area contributed by atoms with Gasteiger partial charge in [0, 0.05) is 5.56 Å². The van der Waals surface area contributed by atoms with Gasteiger partial charge in [-0.05, 0) is 18.6 Å². The van der Waals surface area contributed by atoms with Crippen molar-refractivity contribution in [1.29, 1.82) is 0 Å². The molecule has 0 aliphatic carbocycles. The number of hydrogen-bond acceptors (Lipinski definition) is 2. The lowest BCUT2D eigenvalue weighted by atomic mass is 10.00. The van der Waals surface area contributed by atoms with Gasteiger partial charge in [-0.1, -0.05) is 48.0 Å². The average Bonchev–Trinajstić information content (AvgIpc) is 2.39. The van der Waals surface area contributed by atoms with Crippen molar-refractivity contribution in [2.75, 3.05) is 7.11 Å². The van der Waals surface area contributed by atoms with Gasteiger partial charge in [0.15, 0.2) is 0 Å². The van der Waals surface area contributed by atoms with Crippen LogP contribution in [0.4, 0.5) is 0 Å². The molecule has 88 valence electrons. The third-order valence-electron chi connectivity index (χ3n) is 2.83. The Bertz CT molecular complexity index is 489. The number of para-hydroxylation sites is 1. The molecule has 0 aromatic heterocycles. The Labute approximate surface area is 101 Å². The van der Waals surface area contributed by atoms with E-state index >= 15 is 0 Å². The maximum atomic E-state index is 10.3. The monoisotopic (exact) mass is 228 g/mol. The van der Waals surface area contributed by atoms with Crippen molar-refractivity contribution in [3.8, 4) is 5.75 Å². The van der Waals surface area contributed by atoms with E-state index in [1.807, 2.05) is 55.5 Å². The van der Waals surface area contributed by atoms with Gasteiger partial charge in [0.2, 0.25) is 0 Å². The number of rotatable bonds is 3. The fourth-order valence-electron chi connectivity index (χ4n) is 1.82. The van der Waals surface area contributed by atoms with Gasteiger partial charge in [-0.2, -0.15) is 0 Å². The summed E-state index contributed by atoms with van der Waals surface area (Å²) in [5, 5.41) is 10.3. The van der Waals surface area contributed by atoms with Gasteiger partial charge in [0.25, 0.3) is 0 Å². The van der Waals surface area contributed by atoms with Crippen LogP contribution < -0.4 is 4.74 Å². The van der Waals surface area contributed by atoms with E-state index in [0.29, 0.717) is 5.75 Å². The highest BCUT2D eigenvalue weighted by atomic mass is 16.5. The minimum Gasteiger partial charge on any atom is -0.496 e. The van der Waals surface area contributed by atoms with E-state index in [-0.39, 0.29) is 0 Å². The zero-order chi connectivity index (χ0) is 12.3. The highest BCUT2D eigenvalue weighted by Gasteiger charge is 2.14. The normalized spacial score (nSPS) is 12.2. The van der Waals surface area contributed by atoms with Gasteiger partial charge in [0.05, 0.1) is 7.11 Å². The van der Waals surface area contributed by atoms with E-state index in [9.17, 15) is 5.11 Å². The molecule has 0 saturated heterocycles. The van der Waals surface area contributed by atoms with Crippen LogP contribution in [0, 0.1) is 6.92 Å². The third-order valence-corrected chi connectivity index (χ3v) is 2.83. The largest absolute Gasteiger partial charge is 0.496 e. The van der Waals surface area contributed by atoms with E-state index < -0.39 is 6.10 Å². The fraction of sp³-hybridized carbons (Fsp3) is 0.200. The summed E-state index contributed by atoms with van der Waals surface area (Å²) in [5.74, 6) is 0.709. The van der Waals surface area contributed by atoms with Gasteiger partial charge in [-0.25, -0.2) is 0 Å². The molecule has 0 radical (unpaired) electrons. The molecule has 0 amide bonds. The summed E-state index contributed by atoms with van der Waals surface area (Å²) in [6, 6.07) is 15.4. The van der Waals surface area contributed by atoms with Crippen molar-refractivity contribution in [1.82, 2.24) is 0 Å². The minimum absolute atomic E-state index is 0.647. The van der Waals surface area contributed by atoms with Crippen LogP contribution >= 0.6 is 0 Å². The summed E-state index contributed by atoms with van der Waals surface area (Å²) in [6.45, 7) is 2.03. The summed E-state index contributed by atoms with van der Waals surface area (Å²) in [7, 11) is 1.61. The molecule has 0 bridgehead atoms. The van der Waals surface area contributed by atoms with Crippen LogP contribution in [0.3, 0.4) is 0 Å². The fourth-order valence-corrected chi connectivity index (χ4v) is 1.82. The molecule has 2 nitrogen and oxygen atoms in total. The molecular formula is C15H16O2. The summed E-state index contributed by atoms with van der Waals surface area (Å²) in [4.78, 5) is 0. The first kappa shape index (κ1) is 11.7. The predicted molar refractivity (Wildman–Crippen MR) is 68.2 cm³/mol. The SMILES string of the molecule is COc1ccccc1C(O)c1ccc(C)cc1. The molecule has 0 fully saturated rings. The Morgan fingerprint density at radius 2 is 1.65 bits per heavy atom. The first-order valence-electron chi connectivity index (χ1n) is 5.60. The molecule has 2 rings (SSSR count). The van der Waals surface area contributed by atoms with Gasteiger partial charge in [-0.3, -0.25) is 0 Å². The smallest absolute Gasteiger partial charge is 0.125 e. The number of ether oxygens (including phenoxy) is 1. The Kier molecular flexibility index (Phi) is 3.45. The summed E-state index contributed by atoms with van der Waals surface area (Å²) in [6.07, 6.45) is -0.647. The van der Waals surface area contributed by atoms with Crippen LogP contribution in [0.25, 0.3) is 0 Å². The van der Waals surface area contributed by atoms with Crippen molar-refractivity contribution in [2.45, 2.75) is 13.0 Å². The topological polar surface area (TPSA) is 29.5 Å². The van der Waals surface area contributed by atoms with Crippen molar-refractivity contribution < 1.29 is 9.84 Å². The molecule has 1 N–H and O–H groups in total. The van der Waals surface area contributed by atoms with E-state index in [1.165, 1.54) is 5.56 Å². The van der Waals surface area contributed by atoms with Crippen LogP contribution in [0.1, 0.15) is 22.8 Å². The Morgan fingerprint density at radius 1 is 1.00 bits per heavy atom. The predicted octanol–water partition coefficient (Wildman–Crippen LogP) is 3.09. The van der Waals surface area contributed by atoms with E-state index in [1.54, 1.807) is 7.11 Å². The van der Waals surface area contributed by atoms with Crippen molar-refractivity contribution >= 4 is 0 Å². The molecular weight excluding hydrogens is 212 g/mol. The lowest BCUT2D eigenvalue weighted by Crippen LogP contribution is -2.02. The quantitative estimate of drug-likeness (QED) is 0.874. The van der Waals surface area contributed by atoms with Gasteiger partial charge >= 0.3 is 0 Å². The number of aliphatic hydroxyl groups excluding tert-OH is 1. The van der Waals surface area contributed by atoms with Crippen molar-refractivity contribution in [3.63, 3.8) is 0 Å². The lowest BCUT2D eigenvalue weighted by molar-refractivity contribution is 0.214. The highest BCUT2D eigenvalue weighted by molar-refractivity contribution is 5.40. The van der Waals surface area contributed by atoms with Crippen LogP contribution in [0.15, 0.2) is 48.5 Å². The van der Waals surface area contributed by atoms with Crippen LogP contribution in [-0.4, -0.2) is 12.2 Å². The second kappa shape index (κ2) is 5.02. The number of hydrogen-bond donors (Lipinski definition) is 1. The minimum atomic E-state index is -0.647. The van der Waals surface area contributed by atoms with Gasteiger partial charge in [0.1, 0.15) is 11.9 Å². The van der Waals surface area contributed by atoms with Crippen LogP contribution in [-0.2, 0) is 0 Å². The number of aliphatic hydroxyl groups is 1. The van der Waals surface area contributed by atoms with E-state index in [4.69, 9.17) is 4.74 Å². The maximum absolute atomic E-state index is 10.3. The molecule has 0 spiro atoms. The first-order valence-corrected chi connectivity index (χ1v) is 5.60. The second-order valence-electron chi connectivity index (χ2n) is 4.06. The molecule has 1 unspecified atom stereocenters. The molecule has 2 aromatic carbocycles. The average molecular weight is 228 g/mol. The van der Waals surface area contributed by atoms with Crippen LogP contribution in [0.5, 0.6) is 5.75 Å². The zero-order valence-electron chi connectivity index (χ0n) is 10.1. The van der Waals surface area contributed by atoms with Crippen molar-refractivity contribution in [2.24, 2.45) is 0 Å². The summed E-state index contributed by atoms with van der Waals surface area (Å²) in [5.41, 5.74) is 2.85. The number of benzene rings is 2. The lowest BCUT2D eigenvalue weighted by Gasteiger charge is -2.15. The molecule has 17 heavy (non-hydrogen) atoms. The second-order valence-corrected chi connectivity index (χ2v) is 4.06. The van der Waals surface area contributed by atoms with E-state index in [2.05, 4.69) is 0 Å². The molecule has 2 aromatic rings. The Morgan fingerprint density at radius 3 is 2.29 bits per heavy atom. The molecule has 0 heterocycles. The summed E-state index contributed by atoms with van der Waals surface area (Å²) < 4.78 is 5.25. The van der Waals surface area contributed by atoms with Gasteiger partial charge < -0.3 is 9.84 Å². The van der Waals surface area contributed by atoms with E-state index in [0.717, 1.165) is 11.1 Å². The van der Waals surface area contributed by atoms with Crippen LogP contribution in [0.2, 0.25) is 0 Å². The maximum Gasteiger partial charge on any atom is 0.125 e. The number of aryl methyl sites for hydroxylation is 1. The standard InChI is InChI=1S/C15H16O2/c1-11-7-9-12(10-8-11)15(16)13-5-3-4-6-14(13)17-2/h3-10,15-16H,1-2H3. The molecule has 0 saturated carbocycles. The Balaban J connectivity index is 2.36. The molecule has 0 aliphatic rings. The number of methoxy groups -OCH3 is 1. The third kappa shape index (κ3) is 2.48. The zero-order valence-corrected chi connectivity index (χ0v) is 10.1. The molecule has 2 heteroatoms. The molecule has 1 atom stereocenters. The van der Waals surface area contributed by atoms with Crippen molar-refractivity contribution in [3.05, 3.63) is 65.2 Å². The summed E-state index contributed by atoms with van der Waals surface area (Å²) >= 11 is 0. The highest BCUT2D eigenvalue weighted by Crippen LogP contribution is 2.29. The first-order chi connectivity index (χ1) is 8.22. The Hall–Kier alpha value is -1.80. The molecule has 0 aliphatic heterocycles.